The highest BCUT2D eigenvalue weighted by Crippen LogP contribution is 2.33. The van der Waals surface area contributed by atoms with Gasteiger partial charge in [0.25, 0.3) is 0 Å². The Morgan fingerprint density at radius 1 is 0.826 bits per heavy atom. The first-order valence-corrected chi connectivity index (χ1v) is 15.7. The third kappa shape index (κ3) is 8.56. The molecule has 2 aromatic carbocycles. The largest absolute Gasteiger partial charge is 0.481 e. The van der Waals surface area contributed by atoms with Gasteiger partial charge in [-0.15, -0.1) is 0 Å². The van der Waals surface area contributed by atoms with E-state index in [4.69, 9.17) is 0 Å². The summed E-state index contributed by atoms with van der Waals surface area (Å²) in [4.78, 5) is 71.2. The summed E-state index contributed by atoms with van der Waals surface area (Å²) in [5.41, 5.74) is 2.42. The van der Waals surface area contributed by atoms with Crippen LogP contribution in [-0.4, -0.2) is 74.8 Å². The number of amides is 4. The molecule has 0 aliphatic carbocycles. The van der Waals surface area contributed by atoms with Crippen LogP contribution < -0.4 is 16.0 Å². The van der Waals surface area contributed by atoms with Gasteiger partial charge in [0.05, 0.1) is 12.8 Å². The number of hydrogen-bond donors (Lipinski definition) is 4. The van der Waals surface area contributed by atoms with Crippen molar-refractivity contribution < 1.29 is 29.1 Å². The summed E-state index contributed by atoms with van der Waals surface area (Å²) in [5, 5.41) is 18.1. The van der Waals surface area contributed by atoms with Gasteiger partial charge in [-0.25, -0.2) is 0 Å². The molecule has 0 radical (unpaired) electrons. The molecule has 0 saturated carbocycles. The van der Waals surface area contributed by atoms with Gasteiger partial charge in [-0.3, -0.25) is 29.0 Å². The highest BCUT2D eigenvalue weighted by molar-refractivity contribution is 5.95. The van der Waals surface area contributed by atoms with Crippen molar-refractivity contribution in [3.05, 3.63) is 102 Å². The molecule has 2 aliphatic heterocycles. The molecule has 11 heteroatoms. The highest BCUT2D eigenvalue weighted by Gasteiger charge is 2.46. The number of nitrogens with one attached hydrogen (secondary N) is 3. The van der Waals surface area contributed by atoms with Crippen molar-refractivity contribution in [2.75, 3.05) is 0 Å². The normalized spacial score (nSPS) is 20.2. The van der Waals surface area contributed by atoms with Crippen LogP contribution in [0.4, 0.5) is 0 Å². The minimum absolute atomic E-state index is 0.123. The van der Waals surface area contributed by atoms with E-state index in [-0.39, 0.29) is 37.1 Å². The van der Waals surface area contributed by atoms with E-state index in [1.807, 2.05) is 60.7 Å². The lowest BCUT2D eigenvalue weighted by atomic mass is 9.97. The average molecular weight is 626 g/mol. The molecule has 11 nitrogen and oxygen atoms in total. The van der Waals surface area contributed by atoms with Crippen molar-refractivity contribution >= 4 is 29.6 Å². The van der Waals surface area contributed by atoms with Crippen molar-refractivity contribution in [2.24, 2.45) is 0 Å². The number of aliphatic carboxylic acids is 1. The monoisotopic (exact) mass is 625 g/mol. The standard InChI is InChI=1S/C35H39N5O6/c41-31(20-24-10-5-2-6-11-24)38-28-15-13-27-14-16-30(40(27)35(28)46)34(45)39-29(19-25-12-7-17-36-22-25)33(44)37-26(21-32(42)43)18-23-8-3-1-4-9-23/h1-12,17,22,26-30H,13-16,18-21H2,(H,37,44)(H,38,41)(H,39,45)(H,42,43)/t26-,27-,28?,29-,30-/m0/s1. The molecule has 3 heterocycles. The van der Waals surface area contributed by atoms with Gasteiger partial charge in [-0.1, -0.05) is 66.7 Å². The molecule has 2 aliphatic rings. The maximum absolute atomic E-state index is 13.8. The number of pyridine rings is 1. The number of carboxylic acids is 1. The molecule has 46 heavy (non-hydrogen) atoms. The number of fused-ring (bicyclic) bond motifs is 1. The zero-order valence-electron chi connectivity index (χ0n) is 25.5. The number of carbonyl (C=O) groups excluding carboxylic acids is 4. The maximum atomic E-state index is 13.8. The molecule has 5 rings (SSSR count). The molecule has 5 atom stereocenters. The van der Waals surface area contributed by atoms with Crippen molar-refractivity contribution in [3.8, 4) is 0 Å². The first-order chi connectivity index (χ1) is 22.3. The van der Waals surface area contributed by atoms with E-state index in [0.717, 1.165) is 11.1 Å². The molecule has 4 amide bonds. The average Bonchev–Trinajstić information content (AvgIpc) is 3.48. The lowest BCUT2D eigenvalue weighted by Gasteiger charge is -2.38. The van der Waals surface area contributed by atoms with E-state index in [9.17, 15) is 29.1 Å². The number of aromatic nitrogens is 1. The van der Waals surface area contributed by atoms with Crippen molar-refractivity contribution in [2.45, 2.75) is 81.6 Å². The zero-order chi connectivity index (χ0) is 32.5. The minimum Gasteiger partial charge on any atom is -0.481 e. The topological polar surface area (TPSA) is 158 Å². The van der Waals surface area contributed by atoms with E-state index in [1.54, 1.807) is 29.4 Å². The van der Waals surface area contributed by atoms with Crippen molar-refractivity contribution in [3.63, 3.8) is 0 Å². The molecular weight excluding hydrogens is 586 g/mol. The van der Waals surface area contributed by atoms with Gasteiger partial charge >= 0.3 is 5.97 Å². The van der Waals surface area contributed by atoms with Crippen molar-refractivity contribution in [1.82, 2.24) is 25.8 Å². The second kappa shape index (κ2) is 15.3. The Hall–Kier alpha value is -5.06. The fraction of sp³-hybridized carbons (Fsp3) is 0.371. The van der Waals surface area contributed by atoms with Gasteiger partial charge in [-0.2, -0.15) is 0 Å². The second-order valence-electron chi connectivity index (χ2n) is 12.0. The molecule has 0 spiro atoms. The van der Waals surface area contributed by atoms with Gasteiger partial charge in [0.1, 0.15) is 18.1 Å². The quantitative estimate of drug-likeness (QED) is 0.227. The molecule has 2 saturated heterocycles. The Labute approximate surface area is 267 Å². The Morgan fingerprint density at radius 2 is 1.50 bits per heavy atom. The van der Waals surface area contributed by atoms with E-state index in [1.165, 1.54) is 0 Å². The van der Waals surface area contributed by atoms with Crippen LogP contribution in [0.3, 0.4) is 0 Å². The van der Waals surface area contributed by atoms with Crippen LogP contribution in [0.25, 0.3) is 0 Å². The van der Waals surface area contributed by atoms with Gasteiger partial charge < -0.3 is 26.0 Å². The third-order valence-corrected chi connectivity index (χ3v) is 8.58. The predicted molar refractivity (Wildman–Crippen MR) is 169 cm³/mol. The molecule has 240 valence electrons. The molecule has 0 bridgehead atoms. The number of piperidine rings is 1. The maximum Gasteiger partial charge on any atom is 0.305 e. The zero-order valence-corrected chi connectivity index (χ0v) is 25.5. The van der Waals surface area contributed by atoms with Gasteiger partial charge in [0, 0.05) is 30.9 Å². The van der Waals surface area contributed by atoms with Gasteiger partial charge in [0.2, 0.25) is 23.6 Å². The van der Waals surface area contributed by atoms with Crippen LogP contribution >= 0.6 is 0 Å². The summed E-state index contributed by atoms with van der Waals surface area (Å²) in [5.74, 6) is -2.60. The van der Waals surface area contributed by atoms with E-state index in [0.29, 0.717) is 37.7 Å². The Kier molecular flexibility index (Phi) is 10.7. The van der Waals surface area contributed by atoms with Crippen LogP contribution in [-0.2, 0) is 43.2 Å². The molecule has 4 N–H and O–H groups in total. The van der Waals surface area contributed by atoms with E-state index >= 15 is 0 Å². The van der Waals surface area contributed by atoms with Crippen LogP contribution in [0.5, 0.6) is 0 Å². The third-order valence-electron chi connectivity index (χ3n) is 8.58. The Balaban J connectivity index is 1.28. The van der Waals surface area contributed by atoms with Crippen LogP contribution in [0, 0.1) is 0 Å². The highest BCUT2D eigenvalue weighted by atomic mass is 16.4. The molecule has 3 aromatic rings. The predicted octanol–water partition coefficient (Wildman–Crippen LogP) is 2.19. The molecule has 1 aromatic heterocycles. The van der Waals surface area contributed by atoms with Crippen molar-refractivity contribution in [1.29, 1.82) is 0 Å². The molecular formula is C35H39N5O6. The van der Waals surface area contributed by atoms with Gasteiger partial charge in [-0.05, 0) is 54.9 Å². The number of hydrogen-bond acceptors (Lipinski definition) is 6. The fourth-order valence-electron chi connectivity index (χ4n) is 6.40. The van der Waals surface area contributed by atoms with E-state index in [2.05, 4.69) is 20.9 Å². The first-order valence-electron chi connectivity index (χ1n) is 15.7. The number of rotatable bonds is 13. The number of carbonyl (C=O) groups is 5. The lowest BCUT2D eigenvalue weighted by Crippen LogP contribution is -2.60. The Morgan fingerprint density at radius 3 is 2.17 bits per heavy atom. The van der Waals surface area contributed by atoms with Crippen LogP contribution in [0.15, 0.2) is 85.2 Å². The summed E-state index contributed by atoms with van der Waals surface area (Å²) in [6, 6.07) is 18.7. The fourth-order valence-corrected chi connectivity index (χ4v) is 6.40. The van der Waals surface area contributed by atoms with Gasteiger partial charge in [0.15, 0.2) is 0 Å². The van der Waals surface area contributed by atoms with E-state index < -0.39 is 42.0 Å². The van der Waals surface area contributed by atoms with Crippen LogP contribution in [0.1, 0.15) is 48.8 Å². The molecule has 1 unspecified atom stereocenters. The smallest absolute Gasteiger partial charge is 0.305 e. The number of nitrogens with zero attached hydrogens (tertiary/aromatic N) is 2. The summed E-state index contributed by atoms with van der Waals surface area (Å²) in [7, 11) is 0. The summed E-state index contributed by atoms with van der Waals surface area (Å²) in [6.07, 6.45) is 5.72. The summed E-state index contributed by atoms with van der Waals surface area (Å²) in [6.45, 7) is 0. The Bertz CT molecular complexity index is 1520. The second-order valence-corrected chi connectivity index (χ2v) is 12.0. The summed E-state index contributed by atoms with van der Waals surface area (Å²) < 4.78 is 0. The van der Waals surface area contributed by atoms with Crippen LogP contribution in [0.2, 0.25) is 0 Å². The molecule has 2 fully saturated rings. The number of benzene rings is 2. The lowest BCUT2D eigenvalue weighted by molar-refractivity contribution is -0.146. The SMILES string of the molecule is O=C(O)C[C@H](Cc1ccccc1)NC(=O)[C@H](Cc1cccnc1)NC(=O)[C@@H]1CC[C@@H]2CCC(NC(=O)Cc3ccccc3)C(=O)N21. The first kappa shape index (κ1) is 32.3. The number of carboxylic acid groups (broad SMARTS) is 1. The summed E-state index contributed by atoms with van der Waals surface area (Å²) >= 11 is 0. The minimum atomic E-state index is -1.06.